The van der Waals surface area contributed by atoms with Crippen molar-refractivity contribution in [3.8, 4) is 5.75 Å². The lowest BCUT2D eigenvalue weighted by Gasteiger charge is -2.33. The van der Waals surface area contributed by atoms with Gasteiger partial charge in [-0.05, 0) is 49.6 Å². The molecule has 3 aromatic rings. The molecule has 0 aromatic heterocycles. The van der Waals surface area contributed by atoms with Crippen LogP contribution < -0.4 is 14.4 Å². The molecule has 0 aliphatic rings. The maximum atomic E-state index is 14.2. The van der Waals surface area contributed by atoms with Gasteiger partial charge in [-0.1, -0.05) is 61.8 Å². The third-order valence-electron chi connectivity index (χ3n) is 6.78. The quantitative estimate of drug-likeness (QED) is 0.193. The number of benzene rings is 3. The zero-order chi connectivity index (χ0) is 31.7. The van der Waals surface area contributed by atoms with Crippen LogP contribution in [0, 0.1) is 17.0 Å². The van der Waals surface area contributed by atoms with Crippen LogP contribution in [0.3, 0.4) is 0 Å². The fourth-order valence-corrected chi connectivity index (χ4v) is 6.11. The van der Waals surface area contributed by atoms with Crippen LogP contribution in [0.1, 0.15) is 37.8 Å². The lowest BCUT2D eigenvalue weighted by Crippen LogP contribution is -2.52. The Morgan fingerprint density at radius 1 is 1.07 bits per heavy atom. The van der Waals surface area contributed by atoms with Gasteiger partial charge in [0.05, 0.1) is 22.6 Å². The van der Waals surface area contributed by atoms with Crippen LogP contribution in [0.5, 0.6) is 5.75 Å². The topological polar surface area (TPSA) is 139 Å². The normalized spacial score (nSPS) is 11.8. The van der Waals surface area contributed by atoms with E-state index in [1.807, 2.05) is 13.0 Å². The second-order valence-electron chi connectivity index (χ2n) is 9.76. The Balaban J connectivity index is 2.17. The Hall–Kier alpha value is -4.16. The fourth-order valence-electron chi connectivity index (χ4n) is 4.51. The van der Waals surface area contributed by atoms with Crippen molar-refractivity contribution in [2.24, 2.45) is 0 Å². The van der Waals surface area contributed by atoms with E-state index >= 15 is 0 Å². The average Bonchev–Trinajstić information content (AvgIpc) is 2.98. The number of sulfonamides is 1. The second kappa shape index (κ2) is 14.8. The molecule has 0 aliphatic carbocycles. The van der Waals surface area contributed by atoms with Crippen molar-refractivity contribution in [3.05, 3.63) is 93.0 Å². The second-order valence-corrected chi connectivity index (χ2v) is 12.1. The predicted molar refractivity (Wildman–Crippen MR) is 165 cm³/mol. The van der Waals surface area contributed by atoms with Gasteiger partial charge in [0.1, 0.15) is 18.3 Å². The van der Waals surface area contributed by atoms with E-state index in [4.69, 9.17) is 16.3 Å². The number of nitro benzene ring substituents is 1. The van der Waals surface area contributed by atoms with E-state index in [0.717, 1.165) is 15.9 Å². The van der Waals surface area contributed by atoms with Gasteiger partial charge in [0, 0.05) is 29.7 Å². The van der Waals surface area contributed by atoms with Crippen molar-refractivity contribution in [1.82, 2.24) is 10.2 Å². The van der Waals surface area contributed by atoms with Crippen LogP contribution >= 0.6 is 11.6 Å². The molecular formula is C30H35ClN4O7S. The molecule has 0 unspecified atom stereocenters. The standard InChI is InChI=1S/C30H35ClN4O7S/c1-5-16-32-30(37)25(6-2)33(19-22-10-8-7-9-11-22)29(36)20-34(27-17-23(31)13-15-28(27)42-4)43(40,41)24-14-12-21(3)26(18-24)35(38)39/h7-15,17-18,25H,5-6,16,19-20H2,1-4H3,(H,32,37)/t25-/m0/s1. The molecule has 0 saturated carbocycles. The van der Waals surface area contributed by atoms with E-state index in [-0.39, 0.29) is 40.9 Å². The van der Waals surface area contributed by atoms with Gasteiger partial charge in [0.25, 0.3) is 15.7 Å². The van der Waals surface area contributed by atoms with Crippen LogP contribution in [-0.4, -0.2) is 56.3 Å². The summed E-state index contributed by atoms with van der Waals surface area (Å²) >= 11 is 6.26. The Kier molecular flexibility index (Phi) is 11.5. The smallest absolute Gasteiger partial charge is 0.273 e. The molecular weight excluding hydrogens is 596 g/mol. The minimum absolute atomic E-state index is 0.0360. The Bertz CT molecular complexity index is 1570. The van der Waals surface area contributed by atoms with E-state index in [1.165, 1.54) is 49.3 Å². The van der Waals surface area contributed by atoms with Crippen LogP contribution in [-0.2, 0) is 26.2 Å². The number of hydrogen-bond donors (Lipinski definition) is 1. The summed E-state index contributed by atoms with van der Waals surface area (Å²) in [7, 11) is -3.27. The maximum absolute atomic E-state index is 14.2. The van der Waals surface area contributed by atoms with E-state index in [1.54, 1.807) is 31.2 Å². The van der Waals surface area contributed by atoms with Gasteiger partial charge in [-0.25, -0.2) is 8.42 Å². The number of nitro groups is 1. The molecule has 43 heavy (non-hydrogen) atoms. The summed E-state index contributed by atoms with van der Waals surface area (Å²) in [6.07, 6.45) is 0.962. The Labute approximate surface area is 256 Å². The molecule has 1 atom stereocenters. The molecule has 0 radical (unpaired) electrons. The Morgan fingerprint density at radius 3 is 2.37 bits per heavy atom. The molecule has 0 aliphatic heterocycles. The molecule has 0 fully saturated rings. The molecule has 0 heterocycles. The first-order valence-electron chi connectivity index (χ1n) is 13.7. The van der Waals surface area contributed by atoms with Gasteiger partial charge in [-0.2, -0.15) is 0 Å². The minimum Gasteiger partial charge on any atom is -0.495 e. The number of nitrogens with one attached hydrogen (secondary N) is 1. The Morgan fingerprint density at radius 2 is 1.77 bits per heavy atom. The molecule has 13 heteroatoms. The van der Waals surface area contributed by atoms with Crippen LogP contribution in [0.4, 0.5) is 11.4 Å². The number of methoxy groups -OCH3 is 1. The SMILES string of the molecule is CCCNC(=O)[C@H](CC)N(Cc1ccccc1)C(=O)CN(c1cc(Cl)ccc1OC)S(=O)(=O)c1ccc(C)c([N+](=O)[O-])c1. The van der Waals surface area contributed by atoms with Gasteiger partial charge in [0.2, 0.25) is 11.8 Å². The first-order valence-corrected chi connectivity index (χ1v) is 15.5. The molecule has 3 rings (SSSR count). The third kappa shape index (κ3) is 8.02. The van der Waals surface area contributed by atoms with Gasteiger partial charge in [-0.15, -0.1) is 0 Å². The number of carbonyl (C=O) groups is 2. The number of amides is 2. The van der Waals surface area contributed by atoms with E-state index in [0.29, 0.717) is 13.0 Å². The number of nitrogens with zero attached hydrogens (tertiary/aromatic N) is 3. The highest BCUT2D eigenvalue weighted by Crippen LogP contribution is 2.36. The van der Waals surface area contributed by atoms with Crippen molar-refractivity contribution in [3.63, 3.8) is 0 Å². The molecule has 2 amide bonds. The van der Waals surface area contributed by atoms with Crippen molar-refractivity contribution < 1.29 is 27.7 Å². The summed E-state index contributed by atoms with van der Waals surface area (Å²) in [6, 6.07) is 15.9. The fraction of sp³-hybridized carbons (Fsp3) is 0.333. The summed E-state index contributed by atoms with van der Waals surface area (Å²) < 4.78 is 34.6. The van der Waals surface area contributed by atoms with Crippen LogP contribution in [0.2, 0.25) is 5.02 Å². The number of ether oxygens (including phenoxy) is 1. The molecule has 0 spiro atoms. The summed E-state index contributed by atoms with van der Waals surface area (Å²) in [5, 5.41) is 14.6. The molecule has 1 N–H and O–H groups in total. The molecule has 230 valence electrons. The summed E-state index contributed by atoms with van der Waals surface area (Å²) in [5.41, 5.74) is 0.566. The zero-order valence-electron chi connectivity index (χ0n) is 24.4. The summed E-state index contributed by atoms with van der Waals surface area (Å²) in [6.45, 7) is 4.87. The highest BCUT2D eigenvalue weighted by Gasteiger charge is 2.35. The lowest BCUT2D eigenvalue weighted by molar-refractivity contribution is -0.385. The summed E-state index contributed by atoms with van der Waals surface area (Å²) in [5.74, 6) is -0.933. The monoisotopic (exact) mass is 630 g/mol. The molecule has 0 saturated heterocycles. The van der Waals surface area contributed by atoms with Gasteiger partial charge >= 0.3 is 0 Å². The van der Waals surface area contributed by atoms with Crippen molar-refractivity contribution >= 4 is 44.8 Å². The minimum atomic E-state index is -4.60. The van der Waals surface area contributed by atoms with Gasteiger partial charge < -0.3 is 15.0 Å². The zero-order valence-corrected chi connectivity index (χ0v) is 26.0. The van der Waals surface area contributed by atoms with Crippen molar-refractivity contribution in [1.29, 1.82) is 0 Å². The first kappa shape index (κ1) is 33.3. The van der Waals surface area contributed by atoms with E-state index in [9.17, 15) is 28.1 Å². The van der Waals surface area contributed by atoms with Gasteiger partial charge in [-0.3, -0.25) is 24.0 Å². The number of halogens is 1. The molecule has 0 bridgehead atoms. The van der Waals surface area contributed by atoms with Crippen LogP contribution in [0.15, 0.2) is 71.6 Å². The number of rotatable bonds is 14. The molecule has 11 nitrogen and oxygen atoms in total. The van der Waals surface area contributed by atoms with Crippen molar-refractivity contribution in [2.45, 2.75) is 51.1 Å². The largest absolute Gasteiger partial charge is 0.495 e. The maximum Gasteiger partial charge on any atom is 0.273 e. The van der Waals surface area contributed by atoms with Crippen LogP contribution in [0.25, 0.3) is 0 Å². The highest BCUT2D eigenvalue weighted by atomic mass is 35.5. The van der Waals surface area contributed by atoms with E-state index in [2.05, 4.69) is 5.32 Å². The number of carbonyl (C=O) groups excluding carboxylic acids is 2. The first-order chi connectivity index (χ1) is 20.4. The summed E-state index contributed by atoms with van der Waals surface area (Å²) in [4.78, 5) is 39.2. The van der Waals surface area contributed by atoms with Crippen molar-refractivity contribution in [2.75, 3.05) is 24.5 Å². The highest BCUT2D eigenvalue weighted by molar-refractivity contribution is 7.92. The van der Waals surface area contributed by atoms with Gasteiger partial charge in [0.15, 0.2) is 0 Å². The number of hydrogen-bond acceptors (Lipinski definition) is 7. The lowest BCUT2D eigenvalue weighted by atomic mass is 10.1. The van der Waals surface area contributed by atoms with E-state index < -0.39 is 44.0 Å². The molecule has 3 aromatic carbocycles. The predicted octanol–water partition coefficient (Wildman–Crippen LogP) is 5.09. The third-order valence-corrected chi connectivity index (χ3v) is 8.78. The number of anilines is 1. The number of aryl methyl sites for hydroxylation is 1. The average molecular weight is 631 g/mol.